The van der Waals surface area contributed by atoms with E-state index in [1.165, 1.54) is 44.1 Å². The summed E-state index contributed by atoms with van der Waals surface area (Å²) in [5.74, 6) is 6.52. The van der Waals surface area contributed by atoms with Crippen molar-refractivity contribution in [2.45, 2.75) is 51.0 Å². The molecule has 2 rings (SSSR count). The molecule has 0 unspecified atom stereocenters. The second-order valence-corrected chi connectivity index (χ2v) is 6.09. The van der Waals surface area contributed by atoms with Crippen LogP contribution in [0.2, 0.25) is 0 Å². The summed E-state index contributed by atoms with van der Waals surface area (Å²) < 4.78 is 1.09. The van der Waals surface area contributed by atoms with Crippen molar-refractivity contribution in [3.05, 3.63) is 34.3 Å². The molecule has 0 bridgehead atoms. The second-order valence-electron chi connectivity index (χ2n) is 5.17. The van der Waals surface area contributed by atoms with Crippen LogP contribution >= 0.6 is 15.9 Å². The van der Waals surface area contributed by atoms with E-state index < -0.39 is 0 Å². The fourth-order valence-electron chi connectivity index (χ4n) is 2.58. The van der Waals surface area contributed by atoms with Crippen LogP contribution in [0.4, 0.5) is 0 Å². The van der Waals surface area contributed by atoms with Crippen LogP contribution in [0.3, 0.4) is 0 Å². The molecule has 0 heterocycles. The van der Waals surface area contributed by atoms with Crippen molar-refractivity contribution in [1.29, 1.82) is 0 Å². The van der Waals surface area contributed by atoms with E-state index in [0.717, 1.165) is 16.7 Å². The number of amidine groups is 1. The fraction of sp³-hybridized carbons (Fsp3) is 0.533. The minimum atomic E-state index is 0.445. The normalized spacial score (nSPS) is 18.1. The molecule has 0 saturated heterocycles. The lowest BCUT2D eigenvalue weighted by Gasteiger charge is -2.13. The highest BCUT2D eigenvalue weighted by Gasteiger charge is 2.12. The molecule has 1 fully saturated rings. The van der Waals surface area contributed by atoms with E-state index in [-0.39, 0.29) is 0 Å². The van der Waals surface area contributed by atoms with Gasteiger partial charge in [0.15, 0.2) is 0 Å². The van der Waals surface area contributed by atoms with Gasteiger partial charge in [-0.05, 0) is 30.5 Å². The number of hydrogen-bond acceptors (Lipinski definition) is 2. The molecule has 3 N–H and O–H groups in total. The van der Waals surface area contributed by atoms with Gasteiger partial charge in [0.25, 0.3) is 0 Å². The molecule has 1 aliphatic rings. The van der Waals surface area contributed by atoms with Crippen molar-refractivity contribution in [3.63, 3.8) is 0 Å². The summed E-state index contributed by atoms with van der Waals surface area (Å²) in [6.45, 7) is 0. The number of nitrogens with one attached hydrogen (secondary N) is 1. The van der Waals surface area contributed by atoms with Crippen LogP contribution in [0, 0.1) is 0 Å². The van der Waals surface area contributed by atoms with Gasteiger partial charge in [-0.3, -0.25) is 4.99 Å². The van der Waals surface area contributed by atoms with Crippen LogP contribution in [0.1, 0.15) is 44.1 Å². The largest absolute Gasteiger partial charge is 0.312 e. The Kier molecular flexibility index (Phi) is 5.86. The standard InChI is InChI=1S/C15H22BrN3/c16-13-7-5-6-12(10-13)11-15(19-17)18-14-8-3-1-2-4-9-14/h5-7,10,14H,1-4,8-9,11,17H2,(H,18,19). The maximum atomic E-state index is 5.62. The molecular formula is C15H22BrN3. The Bertz CT molecular complexity index is 423. The number of nitrogens with zero attached hydrogens (tertiary/aromatic N) is 1. The van der Waals surface area contributed by atoms with Gasteiger partial charge < -0.3 is 5.43 Å². The Morgan fingerprint density at radius 2 is 2.00 bits per heavy atom. The highest BCUT2D eigenvalue weighted by molar-refractivity contribution is 9.10. The molecule has 0 radical (unpaired) electrons. The Balaban J connectivity index is 2.02. The number of hydrogen-bond donors (Lipinski definition) is 2. The van der Waals surface area contributed by atoms with Gasteiger partial charge in [-0.25, -0.2) is 5.84 Å². The molecule has 3 nitrogen and oxygen atoms in total. The zero-order chi connectivity index (χ0) is 13.5. The molecule has 0 aliphatic heterocycles. The molecule has 1 aliphatic carbocycles. The van der Waals surface area contributed by atoms with Crippen LogP contribution in [0.25, 0.3) is 0 Å². The molecule has 4 heteroatoms. The molecule has 0 amide bonds. The third kappa shape index (κ3) is 4.96. The molecule has 0 aromatic heterocycles. The van der Waals surface area contributed by atoms with Crippen LogP contribution in [-0.4, -0.2) is 11.9 Å². The van der Waals surface area contributed by atoms with Crippen LogP contribution in [0.15, 0.2) is 33.7 Å². The van der Waals surface area contributed by atoms with Gasteiger partial charge in [-0.15, -0.1) is 0 Å². The number of benzene rings is 1. The van der Waals surface area contributed by atoms with Gasteiger partial charge in [0, 0.05) is 10.9 Å². The van der Waals surface area contributed by atoms with E-state index in [4.69, 9.17) is 10.8 Å². The van der Waals surface area contributed by atoms with Gasteiger partial charge in [0.1, 0.15) is 5.84 Å². The molecular weight excluding hydrogens is 302 g/mol. The van der Waals surface area contributed by atoms with Crippen molar-refractivity contribution in [1.82, 2.24) is 5.43 Å². The summed E-state index contributed by atoms with van der Waals surface area (Å²) in [4.78, 5) is 4.80. The van der Waals surface area contributed by atoms with E-state index in [9.17, 15) is 0 Å². The van der Waals surface area contributed by atoms with Crippen molar-refractivity contribution in [2.24, 2.45) is 10.8 Å². The highest BCUT2D eigenvalue weighted by atomic mass is 79.9. The maximum absolute atomic E-state index is 5.62. The lowest BCUT2D eigenvalue weighted by Crippen LogP contribution is -2.33. The molecule has 19 heavy (non-hydrogen) atoms. The summed E-state index contributed by atoms with van der Waals surface area (Å²) in [7, 11) is 0. The number of rotatable bonds is 3. The smallest absolute Gasteiger partial charge is 0.115 e. The fourth-order valence-corrected chi connectivity index (χ4v) is 3.03. The quantitative estimate of drug-likeness (QED) is 0.294. The van der Waals surface area contributed by atoms with Crippen molar-refractivity contribution in [3.8, 4) is 0 Å². The number of nitrogens with two attached hydrogens (primary N) is 1. The first-order valence-corrected chi connectivity index (χ1v) is 7.85. The molecule has 1 saturated carbocycles. The van der Waals surface area contributed by atoms with Gasteiger partial charge in [-0.2, -0.15) is 0 Å². The Labute approximate surface area is 123 Å². The number of hydrazine groups is 1. The van der Waals surface area contributed by atoms with E-state index in [1.54, 1.807) is 0 Å². The van der Waals surface area contributed by atoms with E-state index in [0.29, 0.717) is 6.04 Å². The minimum absolute atomic E-state index is 0.445. The number of halogens is 1. The van der Waals surface area contributed by atoms with Gasteiger partial charge in [0.2, 0.25) is 0 Å². The number of aliphatic imine (C=N–C) groups is 1. The first-order chi connectivity index (χ1) is 9.28. The SMILES string of the molecule is NNC(Cc1cccc(Br)c1)=NC1CCCCCC1. The minimum Gasteiger partial charge on any atom is -0.312 e. The maximum Gasteiger partial charge on any atom is 0.115 e. The lowest BCUT2D eigenvalue weighted by atomic mass is 10.1. The Hall–Kier alpha value is -0.870. The van der Waals surface area contributed by atoms with Crippen molar-refractivity contribution in [2.75, 3.05) is 0 Å². The summed E-state index contributed by atoms with van der Waals surface area (Å²) in [5.41, 5.74) is 3.99. The van der Waals surface area contributed by atoms with Gasteiger partial charge in [0.05, 0.1) is 6.04 Å². The van der Waals surface area contributed by atoms with Gasteiger partial charge in [-0.1, -0.05) is 53.7 Å². The summed E-state index contributed by atoms with van der Waals surface area (Å²) >= 11 is 3.49. The van der Waals surface area contributed by atoms with E-state index in [1.807, 2.05) is 12.1 Å². The zero-order valence-electron chi connectivity index (χ0n) is 11.2. The Morgan fingerprint density at radius 3 is 2.63 bits per heavy atom. The average Bonchev–Trinajstić information content (AvgIpc) is 2.66. The summed E-state index contributed by atoms with van der Waals surface area (Å²) in [6, 6.07) is 8.73. The lowest BCUT2D eigenvalue weighted by molar-refractivity contribution is 0.581. The average molecular weight is 324 g/mol. The van der Waals surface area contributed by atoms with Crippen LogP contribution < -0.4 is 11.3 Å². The third-order valence-corrected chi connectivity index (χ3v) is 4.08. The third-order valence-electron chi connectivity index (χ3n) is 3.59. The molecule has 104 valence electrons. The Morgan fingerprint density at radius 1 is 1.26 bits per heavy atom. The zero-order valence-corrected chi connectivity index (χ0v) is 12.8. The second kappa shape index (κ2) is 7.65. The summed E-state index contributed by atoms with van der Waals surface area (Å²) in [5, 5.41) is 0. The predicted molar refractivity (Wildman–Crippen MR) is 84.1 cm³/mol. The first kappa shape index (κ1) is 14.5. The van der Waals surface area contributed by atoms with Crippen LogP contribution in [0.5, 0.6) is 0 Å². The first-order valence-electron chi connectivity index (χ1n) is 7.05. The molecule has 1 aromatic carbocycles. The summed E-state index contributed by atoms with van der Waals surface area (Å²) in [6.07, 6.45) is 8.46. The highest BCUT2D eigenvalue weighted by Crippen LogP contribution is 2.20. The van der Waals surface area contributed by atoms with Crippen LogP contribution in [-0.2, 0) is 6.42 Å². The molecule has 0 spiro atoms. The van der Waals surface area contributed by atoms with Crippen molar-refractivity contribution < 1.29 is 0 Å². The van der Waals surface area contributed by atoms with E-state index in [2.05, 4.69) is 33.5 Å². The monoisotopic (exact) mass is 323 g/mol. The predicted octanol–water partition coefficient (Wildman–Crippen LogP) is 3.58. The molecule has 1 aromatic rings. The topological polar surface area (TPSA) is 50.4 Å². The van der Waals surface area contributed by atoms with E-state index >= 15 is 0 Å². The van der Waals surface area contributed by atoms with Crippen molar-refractivity contribution >= 4 is 21.8 Å². The molecule has 0 atom stereocenters. The van der Waals surface area contributed by atoms with Gasteiger partial charge >= 0.3 is 0 Å².